The number of hydrazone groups is 1. The van der Waals surface area contributed by atoms with Gasteiger partial charge in [-0.3, -0.25) is 9.59 Å². The molecule has 220 valence electrons. The molecule has 3 aromatic rings. The van der Waals surface area contributed by atoms with E-state index >= 15 is 0 Å². The maximum atomic E-state index is 12.7. The number of thiophene rings is 1. The number of nitrogens with one attached hydrogen (secondary N) is 2. The lowest BCUT2D eigenvalue weighted by Crippen LogP contribution is -2.32. The fraction of sp³-hybridized carbons (Fsp3) is 0.300. The molecule has 0 spiro atoms. The minimum atomic E-state index is -1.01. The lowest BCUT2D eigenvalue weighted by Gasteiger charge is -2.10. The highest BCUT2D eigenvalue weighted by Crippen LogP contribution is 2.38. The second-order valence-electron chi connectivity index (χ2n) is 9.17. The van der Waals surface area contributed by atoms with E-state index in [9.17, 15) is 19.2 Å². The van der Waals surface area contributed by atoms with Gasteiger partial charge in [0.1, 0.15) is 10.8 Å². The summed E-state index contributed by atoms with van der Waals surface area (Å²) in [4.78, 5) is 51.4. The van der Waals surface area contributed by atoms with Crippen molar-refractivity contribution in [3.63, 3.8) is 0 Å². The molecular weight excluding hydrogens is 562 g/mol. The fourth-order valence-corrected chi connectivity index (χ4v) is 5.63. The lowest BCUT2D eigenvalue weighted by molar-refractivity contribution is -0.136. The van der Waals surface area contributed by atoms with Gasteiger partial charge in [0.05, 0.1) is 38.2 Å². The van der Waals surface area contributed by atoms with E-state index in [0.29, 0.717) is 27.4 Å². The number of benzene rings is 2. The fourth-order valence-electron chi connectivity index (χ4n) is 4.36. The van der Waals surface area contributed by atoms with Crippen molar-refractivity contribution in [1.82, 2.24) is 5.43 Å². The van der Waals surface area contributed by atoms with Gasteiger partial charge in [-0.2, -0.15) is 5.10 Å². The van der Waals surface area contributed by atoms with Crippen molar-refractivity contribution in [1.29, 1.82) is 0 Å². The maximum Gasteiger partial charge on any atom is 0.343 e. The molecule has 1 aliphatic rings. The van der Waals surface area contributed by atoms with Gasteiger partial charge in [0, 0.05) is 4.88 Å². The molecule has 0 saturated heterocycles. The second kappa shape index (κ2) is 14.3. The molecule has 1 aliphatic carbocycles. The number of hydrogen-bond acceptors (Lipinski definition) is 10. The molecule has 0 unspecified atom stereocenters. The van der Waals surface area contributed by atoms with Crippen LogP contribution in [0.3, 0.4) is 0 Å². The summed E-state index contributed by atoms with van der Waals surface area (Å²) in [5, 5.41) is 6.71. The van der Waals surface area contributed by atoms with Crippen LogP contribution in [0.15, 0.2) is 47.6 Å². The third-order valence-electron chi connectivity index (χ3n) is 6.43. The van der Waals surface area contributed by atoms with Gasteiger partial charge in [0.2, 0.25) is 0 Å². The van der Waals surface area contributed by atoms with Crippen molar-refractivity contribution in [2.24, 2.45) is 5.10 Å². The Kier molecular flexibility index (Phi) is 10.3. The summed E-state index contributed by atoms with van der Waals surface area (Å²) < 4.78 is 21.1. The zero-order chi connectivity index (χ0) is 30.1. The van der Waals surface area contributed by atoms with Gasteiger partial charge in [-0.25, -0.2) is 15.0 Å². The number of anilines is 1. The van der Waals surface area contributed by atoms with Crippen LogP contribution in [-0.4, -0.2) is 50.8 Å². The summed E-state index contributed by atoms with van der Waals surface area (Å²) >= 11 is 1.30. The van der Waals surface area contributed by atoms with Crippen LogP contribution in [0.2, 0.25) is 0 Å². The lowest BCUT2D eigenvalue weighted by atomic mass is 10.1. The molecule has 42 heavy (non-hydrogen) atoms. The molecule has 0 atom stereocenters. The first-order valence-corrected chi connectivity index (χ1v) is 14.2. The molecule has 0 radical (unpaired) electrons. The molecule has 1 heterocycles. The maximum absolute atomic E-state index is 12.7. The Morgan fingerprint density at radius 1 is 0.905 bits per heavy atom. The largest absolute Gasteiger partial charge is 0.497 e. The van der Waals surface area contributed by atoms with Crippen molar-refractivity contribution in [3.8, 4) is 17.2 Å². The number of carbonyl (C=O) groups excluding carboxylic acids is 4. The zero-order valence-corrected chi connectivity index (χ0v) is 24.3. The van der Waals surface area contributed by atoms with E-state index in [0.717, 1.165) is 42.5 Å². The molecule has 4 rings (SSSR count). The van der Waals surface area contributed by atoms with Gasteiger partial charge >= 0.3 is 23.8 Å². The van der Waals surface area contributed by atoms with Gasteiger partial charge in [-0.15, -0.1) is 11.3 Å². The van der Waals surface area contributed by atoms with Crippen LogP contribution in [0.4, 0.5) is 5.00 Å². The van der Waals surface area contributed by atoms with Crippen molar-refractivity contribution in [3.05, 3.63) is 69.6 Å². The highest BCUT2D eigenvalue weighted by Gasteiger charge is 2.28. The van der Waals surface area contributed by atoms with Crippen LogP contribution in [0.1, 0.15) is 62.9 Å². The number of nitrogens with zero attached hydrogens (tertiary/aromatic N) is 1. The molecule has 11 nitrogen and oxygen atoms in total. The molecule has 0 aliphatic heterocycles. The Labute approximate surface area is 246 Å². The third kappa shape index (κ3) is 7.32. The number of rotatable bonds is 9. The van der Waals surface area contributed by atoms with Crippen molar-refractivity contribution < 1.29 is 38.1 Å². The quantitative estimate of drug-likeness (QED) is 0.0921. The molecular formula is C30H31N3O8S. The Morgan fingerprint density at radius 2 is 1.67 bits per heavy atom. The number of amides is 2. The van der Waals surface area contributed by atoms with Crippen molar-refractivity contribution in [2.75, 3.05) is 26.1 Å². The molecule has 0 bridgehead atoms. The van der Waals surface area contributed by atoms with E-state index in [1.165, 1.54) is 37.8 Å². The van der Waals surface area contributed by atoms with Gasteiger partial charge in [-0.1, -0.05) is 6.42 Å². The van der Waals surface area contributed by atoms with Gasteiger partial charge in [0.15, 0.2) is 11.5 Å². The number of fused-ring (bicyclic) bond motifs is 1. The molecule has 12 heteroatoms. The Morgan fingerprint density at radius 3 is 2.38 bits per heavy atom. The normalized spacial score (nSPS) is 12.5. The first-order chi connectivity index (χ1) is 20.3. The average molecular weight is 594 g/mol. The number of esters is 2. The van der Waals surface area contributed by atoms with Crippen LogP contribution in [-0.2, 0) is 27.2 Å². The first kappa shape index (κ1) is 30.3. The summed E-state index contributed by atoms with van der Waals surface area (Å²) in [7, 11) is 2.95. The minimum Gasteiger partial charge on any atom is -0.497 e. The second-order valence-corrected chi connectivity index (χ2v) is 10.3. The van der Waals surface area contributed by atoms with Gasteiger partial charge < -0.3 is 24.3 Å². The van der Waals surface area contributed by atoms with Crippen LogP contribution in [0.5, 0.6) is 17.2 Å². The SMILES string of the molecule is CCOC(=O)c1c(NC(=O)C(=O)N/N=C/c2ccc(OC(=O)c3ccc(OC)cc3)c(OC)c2)sc2c1CCCCC2. The molecule has 1 aromatic heterocycles. The van der Waals surface area contributed by atoms with Gasteiger partial charge in [-0.05, 0) is 86.2 Å². The summed E-state index contributed by atoms with van der Waals surface area (Å²) in [6.07, 6.45) is 5.83. The standard InChI is InChI=1S/C30H31N3O8S/c1-4-40-30(37)25-21-8-6-5-7-9-24(21)42-28(25)32-26(34)27(35)33-31-17-18-10-15-22(23(16-18)39-3)41-29(36)19-11-13-20(38-2)14-12-19/h10-17H,4-9H2,1-3H3,(H,32,34)(H,33,35)/b31-17+. The van der Waals surface area contributed by atoms with E-state index in [-0.39, 0.29) is 18.1 Å². The zero-order valence-electron chi connectivity index (χ0n) is 23.5. The number of carbonyl (C=O) groups is 4. The predicted octanol–water partition coefficient (Wildman–Crippen LogP) is 4.52. The summed E-state index contributed by atoms with van der Waals surface area (Å²) in [6.45, 7) is 1.91. The highest BCUT2D eigenvalue weighted by atomic mass is 32.1. The van der Waals surface area contributed by atoms with Crippen LogP contribution in [0.25, 0.3) is 0 Å². The molecule has 2 aromatic carbocycles. The summed E-state index contributed by atoms with van der Waals surface area (Å²) in [5.74, 6) is -2.02. The Balaban J connectivity index is 1.39. The van der Waals surface area contributed by atoms with E-state index < -0.39 is 23.8 Å². The molecule has 2 amide bonds. The number of methoxy groups -OCH3 is 2. The van der Waals surface area contributed by atoms with E-state index in [1.54, 1.807) is 43.3 Å². The van der Waals surface area contributed by atoms with Gasteiger partial charge in [0.25, 0.3) is 0 Å². The van der Waals surface area contributed by atoms with Crippen molar-refractivity contribution >= 4 is 46.3 Å². The predicted molar refractivity (Wildman–Crippen MR) is 157 cm³/mol. The first-order valence-electron chi connectivity index (χ1n) is 13.3. The number of ether oxygens (including phenoxy) is 4. The van der Waals surface area contributed by atoms with E-state index in [2.05, 4.69) is 15.8 Å². The van der Waals surface area contributed by atoms with Crippen LogP contribution >= 0.6 is 11.3 Å². The molecule has 2 N–H and O–H groups in total. The van der Waals surface area contributed by atoms with Crippen LogP contribution < -0.4 is 25.0 Å². The number of hydrogen-bond donors (Lipinski definition) is 2. The smallest absolute Gasteiger partial charge is 0.343 e. The van der Waals surface area contributed by atoms with Crippen LogP contribution in [0, 0.1) is 0 Å². The number of aryl methyl sites for hydroxylation is 1. The topological polar surface area (TPSA) is 142 Å². The summed E-state index contributed by atoms with van der Waals surface area (Å²) in [6, 6.07) is 11.1. The van der Waals surface area contributed by atoms with Crippen molar-refractivity contribution in [2.45, 2.75) is 39.0 Å². The van der Waals surface area contributed by atoms with E-state index in [4.69, 9.17) is 18.9 Å². The highest BCUT2D eigenvalue weighted by molar-refractivity contribution is 7.17. The average Bonchev–Trinajstić information content (AvgIpc) is 3.17. The minimum absolute atomic E-state index is 0.186. The Bertz CT molecular complexity index is 1500. The molecule has 0 fully saturated rings. The monoisotopic (exact) mass is 593 g/mol. The third-order valence-corrected chi connectivity index (χ3v) is 7.64. The Hall–Kier alpha value is -4.71. The molecule has 0 saturated carbocycles. The van der Waals surface area contributed by atoms with E-state index in [1.807, 2.05) is 0 Å². The summed E-state index contributed by atoms with van der Waals surface area (Å²) in [5.41, 5.74) is 4.22.